The number of Topliss-reactive ketones (excluding diaryl/α,β-unsaturated/α-hetero) is 1. The number of benzene rings is 2. The van der Waals surface area contributed by atoms with Gasteiger partial charge in [0.05, 0.1) is 12.7 Å². The first kappa shape index (κ1) is 18.2. The standard InChI is InChI=1S/C19H15Cl2N3O2/c1-12-2-4-13(5-3-12)18(25)19(26)23-17-8-9-22-24(17)11-14-6-7-15(20)10-16(14)21/h2-10H,11H2,1H3,(H,23,26). The van der Waals surface area contributed by atoms with Crippen LogP contribution in [0.15, 0.2) is 54.7 Å². The van der Waals surface area contributed by atoms with Crippen molar-refractivity contribution >= 4 is 40.7 Å². The lowest BCUT2D eigenvalue weighted by atomic mass is 10.1. The van der Waals surface area contributed by atoms with E-state index in [2.05, 4.69) is 10.4 Å². The van der Waals surface area contributed by atoms with E-state index in [1.807, 2.05) is 6.92 Å². The first-order valence-electron chi connectivity index (χ1n) is 7.82. The molecule has 132 valence electrons. The van der Waals surface area contributed by atoms with Crippen LogP contribution in [0.5, 0.6) is 0 Å². The number of hydrogen-bond acceptors (Lipinski definition) is 3. The molecule has 1 aromatic heterocycles. The molecule has 5 nitrogen and oxygen atoms in total. The molecule has 3 aromatic rings. The molecule has 2 aromatic carbocycles. The average Bonchev–Trinajstić information content (AvgIpc) is 3.04. The van der Waals surface area contributed by atoms with Crippen LogP contribution in [-0.4, -0.2) is 21.5 Å². The Morgan fingerprint density at radius 1 is 1.08 bits per heavy atom. The summed E-state index contributed by atoms with van der Waals surface area (Å²) in [6.07, 6.45) is 1.54. The van der Waals surface area contributed by atoms with Crippen molar-refractivity contribution in [1.29, 1.82) is 0 Å². The van der Waals surface area contributed by atoms with Gasteiger partial charge in [-0.2, -0.15) is 5.10 Å². The Bertz CT molecular complexity index is 965. The average molecular weight is 388 g/mol. The van der Waals surface area contributed by atoms with Crippen molar-refractivity contribution in [3.05, 3.63) is 81.5 Å². The Morgan fingerprint density at radius 2 is 1.81 bits per heavy atom. The van der Waals surface area contributed by atoms with Crippen molar-refractivity contribution in [2.75, 3.05) is 5.32 Å². The van der Waals surface area contributed by atoms with Gasteiger partial charge in [0.2, 0.25) is 0 Å². The van der Waals surface area contributed by atoms with Crippen molar-refractivity contribution < 1.29 is 9.59 Å². The SMILES string of the molecule is Cc1ccc(C(=O)C(=O)Nc2ccnn2Cc2ccc(Cl)cc2Cl)cc1. The number of carbonyl (C=O) groups is 2. The minimum absolute atomic E-state index is 0.331. The van der Waals surface area contributed by atoms with E-state index in [0.29, 0.717) is 28.0 Å². The van der Waals surface area contributed by atoms with Crippen molar-refractivity contribution in [2.45, 2.75) is 13.5 Å². The van der Waals surface area contributed by atoms with Gasteiger partial charge in [0.15, 0.2) is 0 Å². The number of hydrogen-bond donors (Lipinski definition) is 1. The van der Waals surface area contributed by atoms with Crippen molar-refractivity contribution in [1.82, 2.24) is 9.78 Å². The largest absolute Gasteiger partial charge is 0.304 e. The van der Waals surface area contributed by atoms with Gasteiger partial charge >= 0.3 is 0 Å². The predicted molar refractivity (Wildman–Crippen MR) is 102 cm³/mol. The summed E-state index contributed by atoms with van der Waals surface area (Å²) < 4.78 is 1.55. The maximum absolute atomic E-state index is 12.3. The molecule has 0 aliphatic heterocycles. The molecule has 26 heavy (non-hydrogen) atoms. The number of anilines is 1. The van der Waals surface area contributed by atoms with Gasteiger partial charge < -0.3 is 5.32 Å². The third-order valence-electron chi connectivity index (χ3n) is 3.81. The molecule has 0 saturated heterocycles. The van der Waals surface area contributed by atoms with Gasteiger partial charge in [-0.1, -0.05) is 59.1 Å². The molecule has 0 fully saturated rings. The maximum Gasteiger partial charge on any atom is 0.297 e. The number of nitrogens with zero attached hydrogens (tertiary/aromatic N) is 2. The molecular formula is C19H15Cl2N3O2. The normalized spacial score (nSPS) is 10.6. The van der Waals surface area contributed by atoms with Gasteiger partial charge in [0, 0.05) is 21.7 Å². The van der Waals surface area contributed by atoms with Crippen LogP contribution in [0.4, 0.5) is 5.82 Å². The van der Waals surface area contributed by atoms with E-state index in [0.717, 1.165) is 11.1 Å². The van der Waals surface area contributed by atoms with E-state index in [-0.39, 0.29) is 0 Å². The van der Waals surface area contributed by atoms with Crippen LogP contribution in [0.3, 0.4) is 0 Å². The second kappa shape index (κ2) is 7.72. The predicted octanol–water partition coefficient (Wildman–Crippen LogP) is 4.37. The van der Waals surface area contributed by atoms with Crippen LogP contribution >= 0.6 is 23.2 Å². The smallest absolute Gasteiger partial charge is 0.297 e. The number of rotatable bonds is 5. The lowest BCUT2D eigenvalue weighted by Gasteiger charge is -2.10. The molecule has 0 saturated carbocycles. The molecule has 3 rings (SSSR count). The van der Waals surface area contributed by atoms with Crippen LogP contribution in [0, 0.1) is 6.92 Å². The van der Waals surface area contributed by atoms with Gasteiger partial charge in [-0.25, -0.2) is 4.68 Å². The molecule has 0 aliphatic carbocycles. The number of aryl methyl sites for hydroxylation is 1. The molecule has 0 atom stereocenters. The van der Waals surface area contributed by atoms with Gasteiger partial charge in [0.25, 0.3) is 11.7 Å². The Hall–Kier alpha value is -2.63. The highest BCUT2D eigenvalue weighted by molar-refractivity contribution is 6.46. The number of ketones is 1. The number of amides is 1. The quantitative estimate of drug-likeness (QED) is 0.522. The van der Waals surface area contributed by atoms with E-state index in [9.17, 15) is 9.59 Å². The highest BCUT2D eigenvalue weighted by Gasteiger charge is 2.18. The number of carbonyl (C=O) groups excluding carboxylic acids is 2. The maximum atomic E-state index is 12.3. The van der Waals surface area contributed by atoms with Crippen LogP contribution in [0.2, 0.25) is 10.0 Å². The number of aromatic nitrogens is 2. The Labute approximate surface area is 160 Å². The second-order valence-corrected chi connectivity index (χ2v) is 6.60. The van der Waals surface area contributed by atoms with Crippen LogP contribution in [-0.2, 0) is 11.3 Å². The summed E-state index contributed by atoms with van der Waals surface area (Å²) in [5.41, 5.74) is 2.14. The van der Waals surface area contributed by atoms with Gasteiger partial charge in [-0.3, -0.25) is 9.59 Å². The Kier molecular flexibility index (Phi) is 5.40. The van der Waals surface area contributed by atoms with E-state index in [1.165, 1.54) is 6.20 Å². The molecule has 0 spiro atoms. The molecule has 0 bridgehead atoms. The Balaban J connectivity index is 1.75. The topological polar surface area (TPSA) is 64.0 Å². The van der Waals surface area contributed by atoms with Gasteiger partial charge in [-0.05, 0) is 24.6 Å². The lowest BCUT2D eigenvalue weighted by Crippen LogP contribution is -2.24. The fraction of sp³-hybridized carbons (Fsp3) is 0.105. The van der Waals surface area contributed by atoms with E-state index in [1.54, 1.807) is 53.2 Å². The monoisotopic (exact) mass is 387 g/mol. The van der Waals surface area contributed by atoms with Gasteiger partial charge in [-0.15, -0.1) is 0 Å². The van der Waals surface area contributed by atoms with Crippen LogP contribution in [0.25, 0.3) is 0 Å². The highest BCUT2D eigenvalue weighted by atomic mass is 35.5. The second-order valence-electron chi connectivity index (χ2n) is 5.76. The van der Waals surface area contributed by atoms with Crippen LogP contribution < -0.4 is 5.32 Å². The highest BCUT2D eigenvalue weighted by Crippen LogP contribution is 2.22. The summed E-state index contributed by atoms with van der Waals surface area (Å²) in [7, 11) is 0. The van der Waals surface area contributed by atoms with Gasteiger partial charge in [0.1, 0.15) is 5.82 Å². The third-order valence-corrected chi connectivity index (χ3v) is 4.40. The molecule has 1 N–H and O–H groups in total. The van der Waals surface area contributed by atoms with Crippen molar-refractivity contribution in [3.8, 4) is 0 Å². The summed E-state index contributed by atoms with van der Waals surface area (Å²) in [5.74, 6) is -0.929. The zero-order valence-electron chi connectivity index (χ0n) is 13.9. The third kappa shape index (κ3) is 4.12. The summed E-state index contributed by atoms with van der Waals surface area (Å²) in [6.45, 7) is 2.24. The van der Waals surface area contributed by atoms with E-state index in [4.69, 9.17) is 23.2 Å². The molecule has 0 aliphatic rings. The van der Waals surface area contributed by atoms with E-state index < -0.39 is 11.7 Å². The molecule has 7 heteroatoms. The Morgan fingerprint density at radius 3 is 2.50 bits per heavy atom. The zero-order valence-corrected chi connectivity index (χ0v) is 15.4. The first-order chi connectivity index (χ1) is 12.4. The zero-order chi connectivity index (χ0) is 18.7. The molecular weight excluding hydrogens is 373 g/mol. The summed E-state index contributed by atoms with van der Waals surface area (Å²) in [6, 6.07) is 13.6. The summed E-state index contributed by atoms with van der Waals surface area (Å²) in [5, 5.41) is 7.81. The minimum atomic E-state index is -0.724. The van der Waals surface area contributed by atoms with E-state index >= 15 is 0 Å². The van der Waals surface area contributed by atoms with Crippen molar-refractivity contribution in [2.24, 2.45) is 0 Å². The molecule has 0 radical (unpaired) electrons. The van der Waals surface area contributed by atoms with Crippen LogP contribution in [0.1, 0.15) is 21.5 Å². The number of halogens is 2. The minimum Gasteiger partial charge on any atom is -0.304 e. The molecule has 1 heterocycles. The molecule has 0 unspecified atom stereocenters. The summed E-state index contributed by atoms with van der Waals surface area (Å²) >= 11 is 12.1. The number of nitrogens with one attached hydrogen (secondary N) is 1. The lowest BCUT2D eigenvalue weighted by molar-refractivity contribution is -0.112. The van der Waals surface area contributed by atoms with Crippen molar-refractivity contribution in [3.63, 3.8) is 0 Å². The summed E-state index contributed by atoms with van der Waals surface area (Å²) in [4.78, 5) is 24.5. The molecule has 1 amide bonds. The fourth-order valence-corrected chi connectivity index (χ4v) is 2.85. The first-order valence-corrected chi connectivity index (χ1v) is 8.58. The fourth-order valence-electron chi connectivity index (χ4n) is 2.39.